The van der Waals surface area contributed by atoms with Crippen molar-refractivity contribution < 1.29 is 4.79 Å². The van der Waals surface area contributed by atoms with Gasteiger partial charge >= 0.3 is 0 Å². The number of hydrogen-bond acceptors (Lipinski definition) is 1. The first-order valence-electron chi connectivity index (χ1n) is 7.33. The minimum absolute atomic E-state index is 0.121. The van der Waals surface area contributed by atoms with Crippen molar-refractivity contribution in [3.8, 4) is 0 Å². The van der Waals surface area contributed by atoms with E-state index in [0.29, 0.717) is 12.6 Å². The lowest BCUT2D eigenvalue weighted by Gasteiger charge is -2.28. The van der Waals surface area contributed by atoms with Crippen LogP contribution in [0.5, 0.6) is 0 Å². The molecule has 1 aromatic rings. The predicted molar refractivity (Wildman–Crippen MR) is 86.0 cm³/mol. The molecule has 0 bridgehead atoms. The zero-order valence-corrected chi connectivity index (χ0v) is 13.9. The lowest BCUT2D eigenvalue weighted by atomic mass is 10.2. The van der Waals surface area contributed by atoms with Gasteiger partial charge < -0.3 is 9.47 Å². The highest BCUT2D eigenvalue weighted by Gasteiger charge is 2.28. The summed E-state index contributed by atoms with van der Waals surface area (Å²) in [5.74, 6) is 0.121. The second kappa shape index (κ2) is 6.61. The Morgan fingerprint density at radius 1 is 1.55 bits per heavy atom. The molecule has 4 heteroatoms. The van der Waals surface area contributed by atoms with Crippen molar-refractivity contribution in [2.75, 3.05) is 6.54 Å². The molecule has 1 heterocycles. The van der Waals surface area contributed by atoms with Crippen molar-refractivity contribution in [3.63, 3.8) is 0 Å². The first-order chi connectivity index (χ1) is 9.54. The standard InChI is InChI=1S/C16H23BrN2O/c1-4-9-18(14-7-5-6-8-14)16(20)15-10-13(17)11-19(15)12(2)3/h4,10-12,14H,1,5-9H2,2-3H3. The van der Waals surface area contributed by atoms with Gasteiger partial charge in [0.25, 0.3) is 5.91 Å². The number of carbonyl (C=O) groups excluding carboxylic acids is 1. The van der Waals surface area contributed by atoms with Crippen LogP contribution in [0.1, 0.15) is 56.1 Å². The van der Waals surface area contributed by atoms with Crippen LogP contribution in [0, 0.1) is 0 Å². The number of halogens is 1. The number of aromatic nitrogens is 1. The van der Waals surface area contributed by atoms with E-state index in [4.69, 9.17) is 0 Å². The molecule has 1 amide bonds. The first kappa shape index (κ1) is 15.4. The Labute approximate surface area is 129 Å². The van der Waals surface area contributed by atoms with Gasteiger partial charge in [0.15, 0.2) is 0 Å². The van der Waals surface area contributed by atoms with Gasteiger partial charge in [-0.15, -0.1) is 6.58 Å². The molecule has 0 spiro atoms. The summed E-state index contributed by atoms with van der Waals surface area (Å²) in [5.41, 5.74) is 0.764. The summed E-state index contributed by atoms with van der Waals surface area (Å²) in [4.78, 5) is 14.9. The van der Waals surface area contributed by atoms with Crippen molar-refractivity contribution in [2.24, 2.45) is 0 Å². The van der Waals surface area contributed by atoms with Gasteiger partial charge in [0.1, 0.15) is 5.69 Å². The maximum absolute atomic E-state index is 12.9. The van der Waals surface area contributed by atoms with Gasteiger partial charge in [0.05, 0.1) is 0 Å². The van der Waals surface area contributed by atoms with Crippen molar-refractivity contribution >= 4 is 21.8 Å². The Balaban J connectivity index is 2.29. The monoisotopic (exact) mass is 338 g/mol. The molecule has 0 saturated heterocycles. The number of rotatable bonds is 5. The van der Waals surface area contributed by atoms with E-state index in [9.17, 15) is 4.79 Å². The van der Waals surface area contributed by atoms with Gasteiger partial charge in [-0.3, -0.25) is 4.79 Å². The van der Waals surface area contributed by atoms with E-state index < -0.39 is 0 Å². The van der Waals surface area contributed by atoms with E-state index in [1.807, 2.05) is 27.8 Å². The van der Waals surface area contributed by atoms with E-state index in [0.717, 1.165) is 23.0 Å². The number of carbonyl (C=O) groups is 1. The second-order valence-electron chi connectivity index (χ2n) is 5.73. The van der Waals surface area contributed by atoms with E-state index in [1.165, 1.54) is 12.8 Å². The van der Waals surface area contributed by atoms with Crippen molar-refractivity contribution in [3.05, 3.63) is 35.1 Å². The fourth-order valence-corrected chi connectivity index (χ4v) is 3.38. The third-order valence-electron chi connectivity index (χ3n) is 3.94. The Morgan fingerprint density at radius 3 is 2.75 bits per heavy atom. The van der Waals surface area contributed by atoms with Crippen molar-refractivity contribution in [1.82, 2.24) is 9.47 Å². The van der Waals surface area contributed by atoms with Crippen LogP contribution in [0.25, 0.3) is 0 Å². The van der Waals surface area contributed by atoms with Gasteiger partial charge in [-0.2, -0.15) is 0 Å². The molecular weight excluding hydrogens is 316 g/mol. The third-order valence-corrected chi connectivity index (χ3v) is 4.38. The average Bonchev–Trinajstić information content (AvgIpc) is 3.04. The van der Waals surface area contributed by atoms with Gasteiger partial charge in [-0.1, -0.05) is 18.9 Å². The Morgan fingerprint density at radius 2 is 2.20 bits per heavy atom. The largest absolute Gasteiger partial charge is 0.340 e. The molecular formula is C16H23BrN2O. The minimum atomic E-state index is 0.121. The topological polar surface area (TPSA) is 25.2 Å². The Kier molecular flexibility index (Phi) is 5.08. The molecule has 3 nitrogen and oxygen atoms in total. The SMILES string of the molecule is C=CCN(C(=O)c1cc(Br)cn1C(C)C)C1CCCC1. The smallest absolute Gasteiger partial charge is 0.271 e. The number of hydrogen-bond donors (Lipinski definition) is 0. The normalized spacial score (nSPS) is 15.8. The summed E-state index contributed by atoms with van der Waals surface area (Å²) in [5, 5.41) is 0. The van der Waals surface area contributed by atoms with Crippen LogP contribution < -0.4 is 0 Å². The van der Waals surface area contributed by atoms with Crippen molar-refractivity contribution in [1.29, 1.82) is 0 Å². The molecule has 0 radical (unpaired) electrons. The van der Waals surface area contributed by atoms with E-state index in [1.54, 1.807) is 0 Å². The molecule has 20 heavy (non-hydrogen) atoms. The molecule has 1 aliphatic rings. The van der Waals surface area contributed by atoms with Crippen LogP contribution in [0.3, 0.4) is 0 Å². The van der Waals surface area contributed by atoms with Crippen LogP contribution >= 0.6 is 15.9 Å². The maximum Gasteiger partial charge on any atom is 0.271 e. The summed E-state index contributed by atoms with van der Waals surface area (Å²) in [6, 6.07) is 2.57. The van der Waals surface area contributed by atoms with E-state index in [2.05, 4.69) is 36.4 Å². The van der Waals surface area contributed by atoms with E-state index >= 15 is 0 Å². The molecule has 0 atom stereocenters. The highest BCUT2D eigenvalue weighted by atomic mass is 79.9. The first-order valence-corrected chi connectivity index (χ1v) is 8.13. The molecule has 0 aliphatic heterocycles. The highest BCUT2D eigenvalue weighted by molar-refractivity contribution is 9.10. The van der Waals surface area contributed by atoms with Crippen LogP contribution in [-0.2, 0) is 0 Å². The summed E-state index contributed by atoms with van der Waals surface area (Å²) >= 11 is 3.48. The van der Waals surface area contributed by atoms with Crippen molar-refractivity contribution in [2.45, 2.75) is 51.6 Å². The number of nitrogens with zero attached hydrogens (tertiary/aromatic N) is 2. The summed E-state index contributed by atoms with van der Waals surface area (Å²) in [6.45, 7) is 8.62. The lowest BCUT2D eigenvalue weighted by molar-refractivity contribution is 0.0694. The molecule has 0 aromatic carbocycles. The van der Waals surface area contributed by atoms with Gasteiger partial charge in [-0.05, 0) is 48.7 Å². The van der Waals surface area contributed by atoms with Gasteiger partial charge in [0, 0.05) is 29.3 Å². The fraction of sp³-hybridized carbons (Fsp3) is 0.562. The molecule has 2 rings (SSSR count). The summed E-state index contributed by atoms with van der Waals surface area (Å²) in [6.07, 6.45) is 8.49. The molecule has 1 aromatic heterocycles. The Bertz CT molecular complexity index is 487. The zero-order chi connectivity index (χ0) is 14.7. The summed E-state index contributed by atoms with van der Waals surface area (Å²) < 4.78 is 3.00. The Hall–Kier alpha value is -1.03. The van der Waals surface area contributed by atoms with Crippen LogP contribution in [0.15, 0.2) is 29.4 Å². The lowest BCUT2D eigenvalue weighted by Crippen LogP contribution is -2.40. The van der Waals surface area contributed by atoms with E-state index in [-0.39, 0.29) is 11.9 Å². The quantitative estimate of drug-likeness (QED) is 0.730. The molecule has 0 unspecified atom stereocenters. The van der Waals surface area contributed by atoms with Gasteiger partial charge in [0.2, 0.25) is 0 Å². The fourth-order valence-electron chi connectivity index (χ4n) is 2.94. The molecule has 1 saturated carbocycles. The predicted octanol–water partition coefficient (Wildman–Crippen LogP) is 4.40. The van der Waals surface area contributed by atoms with Crippen LogP contribution in [0.2, 0.25) is 0 Å². The molecule has 1 aliphatic carbocycles. The van der Waals surface area contributed by atoms with Crippen LogP contribution in [0.4, 0.5) is 0 Å². The maximum atomic E-state index is 12.9. The highest BCUT2D eigenvalue weighted by Crippen LogP contribution is 2.27. The summed E-state index contributed by atoms with van der Waals surface area (Å²) in [7, 11) is 0. The molecule has 1 fully saturated rings. The number of amides is 1. The molecule has 0 N–H and O–H groups in total. The second-order valence-corrected chi connectivity index (χ2v) is 6.64. The van der Waals surface area contributed by atoms with Gasteiger partial charge in [-0.25, -0.2) is 0 Å². The average molecular weight is 339 g/mol. The van der Waals surface area contributed by atoms with Crippen LogP contribution in [-0.4, -0.2) is 28.0 Å². The zero-order valence-electron chi connectivity index (χ0n) is 12.3. The minimum Gasteiger partial charge on any atom is -0.340 e. The molecule has 110 valence electrons. The third kappa shape index (κ3) is 3.17.